The number of hydrogen-bond donors (Lipinski definition) is 3. The van der Waals surface area contributed by atoms with Gasteiger partial charge in [-0.15, -0.1) is 0 Å². The number of amides is 2. The molecule has 0 fully saturated rings. The highest BCUT2D eigenvalue weighted by molar-refractivity contribution is 6.31. The Hall–Kier alpha value is -2.99. The van der Waals surface area contributed by atoms with Gasteiger partial charge in [0.25, 0.3) is 5.91 Å². The summed E-state index contributed by atoms with van der Waals surface area (Å²) >= 11 is 5.98. The van der Waals surface area contributed by atoms with Gasteiger partial charge >= 0.3 is 0 Å². The van der Waals surface area contributed by atoms with Crippen molar-refractivity contribution in [3.05, 3.63) is 58.7 Å². The van der Waals surface area contributed by atoms with Crippen LogP contribution in [0.4, 0.5) is 5.69 Å². The van der Waals surface area contributed by atoms with Crippen molar-refractivity contribution in [2.75, 3.05) is 12.4 Å². The molecule has 6 nitrogen and oxygen atoms in total. The van der Waals surface area contributed by atoms with Gasteiger partial charge in [0, 0.05) is 33.6 Å². The zero-order valence-electron chi connectivity index (χ0n) is 13.9. The van der Waals surface area contributed by atoms with Crippen molar-refractivity contribution in [3.63, 3.8) is 0 Å². The van der Waals surface area contributed by atoms with E-state index in [9.17, 15) is 9.59 Å². The molecule has 1 aromatic heterocycles. The summed E-state index contributed by atoms with van der Waals surface area (Å²) in [7, 11) is 1.58. The van der Waals surface area contributed by atoms with Crippen molar-refractivity contribution in [1.82, 2.24) is 10.3 Å². The fourth-order valence-electron chi connectivity index (χ4n) is 3.18. The van der Waals surface area contributed by atoms with Crippen LogP contribution in [0.3, 0.4) is 0 Å². The summed E-state index contributed by atoms with van der Waals surface area (Å²) in [6.07, 6.45) is 0.364. The molecule has 4 rings (SSSR count). The minimum absolute atomic E-state index is 0.252. The molecule has 3 aromatic rings. The van der Waals surface area contributed by atoms with Crippen LogP contribution in [-0.4, -0.2) is 29.9 Å². The van der Waals surface area contributed by atoms with Gasteiger partial charge in [-0.2, -0.15) is 0 Å². The molecule has 0 saturated heterocycles. The monoisotopic (exact) mass is 369 g/mol. The predicted molar refractivity (Wildman–Crippen MR) is 99.9 cm³/mol. The number of H-pyrrole nitrogens is 1. The van der Waals surface area contributed by atoms with Crippen LogP contribution in [0, 0.1) is 0 Å². The number of halogens is 1. The van der Waals surface area contributed by atoms with Crippen molar-refractivity contribution in [3.8, 4) is 5.75 Å². The van der Waals surface area contributed by atoms with Crippen LogP contribution >= 0.6 is 11.6 Å². The molecule has 1 aliphatic rings. The van der Waals surface area contributed by atoms with Crippen molar-refractivity contribution in [2.24, 2.45) is 0 Å². The number of benzene rings is 2. The van der Waals surface area contributed by atoms with Crippen LogP contribution < -0.4 is 15.4 Å². The minimum Gasteiger partial charge on any atom is -0.496 e. The Labute approximate surface area is 154 Å². The van der Waals surface area contributed by atoms with Gasteiger partial charge in [0.15, 0.2) is 0 Å². The minimum atomic E-state index is -0.679. The molecule has 2 amide bonds. The van der Waals surface area contributed by atoms with Crippen LogP contribution in [-0.2, 0) is 11.2 Å². The first-order valence-electron chi connectivity index (χ1n) is 8.11. The van der Waals surface area contributed by atoms with Gasteiger partial charge in [0.2, 0.25) is 5.91 Å². The normalized spacial score (nSPS) is 16.1. The second-order valence-electron chi connectivity index (χ2n) is 6.12. The zero-order chi connectivity index (χ0) is 18.3. The van der Waals surface area contributed by atoms with Gasteiger partial charge < -0.3 is 20.4 Å². The van der Waals surface area contributed by atoms with Crippen molar-refractivity contribution >= 4 is 40.0 Å². The third-order valence-corrected chi connectivity index (χ3v) is 4.70. The number of aromatic nitrogens is 1. The lowest BCUT2D eigenvalue weighted by molar-refractivity contribution is -0.118. The molecule has 2 heterocycles. The lowest BCUT2D eigenvalue weighted by Crippen LogP contribution is -2.47. The number of fused-ring (bicyclic) bond motifs is 2. The van der Waals surface area contributed by atoms with Crippen LogP contribution in [0.15, 0.2) is 42.5 Å². The highest BCUT2D eigenvalue weighted by Gasteiger charge is 2.30. The quantitative estimate of drug-likeness (QED) is 0.663. The Morgan fingerprint density at radius 3 is 2.92 bits per heavy atom. The van der Waals surface area contributed by atoms with Crippen LogP contribution in [0.25, 0.3) is 10.9 Å². The average Bonchev–Trinajstić information content (AvgIpc) is 3.05. The Morgan fingerprint density at radius 1 is 1.27 bits per heavy atom. The summed E-state index contributed by atoms with van der Waals surface area (Å²) in [6.45, 7) is 0. The second kappa shape index (κ2) is 6.38. The number of carbonyl (C=O) groups excluding carboxylic acids is 2. The van der Waals surface area contributed by atoms with E-state index in [0.717, 1.165) is 16.5 Å². The number of carbonyl (C=O) groups is 2. The van der Waals surface area contributed by atoms with Gasteiger partial charge in [-0.05, 0) is 36.4 Å². The molecular weight excluding hydrogens is 354 g/mol. The van der Waals surface area contributed by atoms with E-state index in [-0.39, 0.29) is 11.8 Å². The maximum Gasteiger partial charge on any atom is 0.268 e. The van der Waals surface area contributed by atoms with E-state index >= 15 is 0 Å². The first-order chi connectivity index (χ1) is 12.5. The molecule has 26 heavy (non-hydrogen) atoms. The van der Waals surface area contributed by atoms with Crippen LogP contribution in [0.1, 0.15) is 16.1 Å². The summed E-state index contributed by atoms with van der Waals surface area (Å²) in [5.74, 6) is 0.0797. The smallest absolute Gasteiger partial charge is 0.268 e. The van der Waals surface area contributed by atoms with Gasteiger partial charge in [-0.25, -0.2) is 0 Å². The fourth-order valence-corrected chi connectivity index (χ4v) is 3.36. The summed E-state index contributed by atoms with van der Waals surface area (Å²) in [6, 6.07) is 11.8. The van der Waals surface area contributed by atoms with E-state index in [2.05, 4.69) is 15.6 Å². The average molecular weight is 370 g/mol. The highest BCUT2D eigenvalue weighted by atomic mass is 35.5. The summed E-state index contributed by atoms with van der Waals surface area (Å²) in [5, 5.41) is 7.03. The molecule has 1 unspecified atom stereocenters. The molecule has 0 spiro atoms. The van der Waals surface area contributed by atoms with Gasteiger partial charge in [0.05, 0.1) is 7.11 Å². The van der Waals surface area contributed by atoms with E-state index in [1.165, 1.54) is 0 Å². The van der Waals surface area contributed by atoms with E-state index < -0.39 is 6.04 Å². The van der Waals surface area contributed by atoms with E-state index in [1.807, 2.05) is 24.3 Å². The van der Waals surface area contributed by atoms with E-state index in [0.29, 0.717) is 28.6 Å². The molecule has 3 N–H and O–H groups in total. The largest absolute Gasteiger partial charge is 0.496 e. The fraction of sp³-hybridized carbons (Fsp3) is 0.158. The number of nitrogens with one attached hydrogen (secondary N) is 3. The Bertz CT molecular complexity index is 1030. The second-order valence-corrected chi connectivity index (χ2v) is 6.56. The van der Waals surface area contributed by atoms with Gasteiger partial charge in [-0.1, -0.05) is 17.7 Å². The maximum absolute atomic E-state index is 12.6. The first-order valence-corrected chi connectivity index (χ1v) is 8.49. The summed E-state index contributed by atoms with van der Waals surface area (Å²) < 4.78 is 5.35. The lowest BCUT2D eigenvalue weighted by Gasteiger charge is -2.26. The standard InChI is InChI=1S/C19H16ClN3O3/c1-26-17-4-2-3-14-12(17)9-16(19(25)22-14)23-18(24)15-8-10-7-11(20)5-6-13(10)21-15/h2-8,16,21H,9H2,1H3,(H,22,25)(H,23,24). The Kier molecular flexibility index (Phi) is 4.05. The first kappa shape index (κ1) is 16.5. The van der Waals surface area contributed by atoms with Crippen LogP contribution in [0.2, 0.25) is 5.02 Å². The molecule has 1 atom stereocenters. The topological polar surface area (TPSA) is 83.2 Å². The number of aromatic amines is 1. The van der Waals surface area contributed by atoms with Crippen molar-refractivity contribution < 1.29 is 14.3 Å². The van der Waals surface area contributed by atoms with E-state index in [1.54, 1.807) is 25.3 Å². The highest BCUT2D eigenvalue weighted by Crippen LogP contribution is 2.31. The molecule has 2 aromatic carbocycles. The summed E-state index contributed by atoms with van der Waals surface area (Å²) in [5.41, 5.74) is 2.75. The summed E-state index contributed by atoms with van der Waals surface area (Å²) in [4.78, 5) is 28.0. The molecular formula is C19H16ClN3O3. The van der Waals surface area contributed by atoms with Gasteiger partial charge in [0.1, 0.15) is 17.5 Å². The third kappa shape index (κ3) is 2.88. The number of rotatable bonds is 3. The lowest BCUT2D eigenvalue weighted by atomic mass is 9.98. The molecule has 0 saturated carbocycles. The predicted octanol–water partition coefficient (Wildman–Crippen LogP) is 3.12. The number of hydrogen-bond acceptors (Lipinski definition) is 3. The SMILES string of the molecule is COc1cccc2c1CC(NC(=O)c1cc3cc(Cl)ccc3[nH]1)C(=O)N2. The molecule has 1 aliphatic heterocycles. The number of anilines is 1. The molecule has 0 aliphatic carbocycles. The number of methoxy groups -OCH3 is 1. The molecule has 7 heteroatoms. The van der Waals surface area contributed by atoms with Crippen LogP contribution in [0.5, 0.6) is 5.75 Å². The number of ether oxygens (including phenoxy) is 1. The Morgan fingerprint density at radius 2 is 2.12 bits per heavy atom. The van der Waals surface area contributed by atoms with E-state index in [4.69, 9.17) is 16.3 Å². The van der Waals surface area contributed by atoms with Gasteiger partial charge in [-0.3, -0.25) is 9.59 Å². The molecule has 0 bridgehead atoms. The molecule has 0 radical (unpaired) electrons. The zero-order valence-corrected chi connectivity index (χ0v) is 14.7. The Balaban J connectivity index is 1.57. The van der Waals surface area contributed by atoms with Crippen molar-refractivity contribution in [2.45, 2.75) is 12.5 Å². The third-order valence-electron chi connectivity index (χ3n) is 4.47. The molecule has 132 valence electrons. The maximum atomic E-state index is 12.6. The van der Waals surface area contributed by atoms with Crippen molar-refractivity contribution in [1.29, 1.82) is 0 Å².